The van der Waals surface area contributed by atoms with Crippen LogP contribution >= 0.6 is 0 Å². The molecule has 0 bridgehead atoms. The number of sulfonamides is 2. The molecule has 1 fully saturated rings. The molecule has 0 amide bonds. The first-order valence-corrected chi connectivity index (χ1v) is 9.61. The van der Waals surface area contributed by atoms with Crippen molar-refractivity contribution in [2.24, 2.45) is 5.73 Å². The van der Waals surface area contributed by atoms with Gasteiger partial charge in [-0.05, 0) is 25.0 Å². The average Bonchev–Trinajstić information content (AvgIpc) is 3.00. The van der Waals surface area contributed by atoms with Crippen LogP contribution in [0.3, 0.4) is 0 Å². The molecule has 3 N–H and O–H groups in total. The van der Waals surface area contributed by atoms with Crippen LogP contribution in [0.4, 0.5) is 0 Å². The first kappa shape index (κ1) is 16.4. The molecule has 1 aliphatic rings. The van der Waals surface area contributed by atoms with Crippen LogP contribution in [0, 0.1) is 0 Å². The molecule has 1 aromatic rings. The highest BCUT2D eigenvalue weighted by Crippen LogP contribution is 2.26. The second-order valence-electron chi connectivity index (χ2n) is 4.74. The van der Waals surface area contributed by atoms with Gasteiger partial charge in [0.2, 0.25) is 20.0 Å². The summed E-state index contributed by atoms with van der Waals surface area (Å²) in [5.74, 6) is 0. The maximum atomic E-state index is 12.6. The van der Waals surface area contributed by atoms with Crippen molar-refractivity contribution in [3.8, 4) is 0 Å². The van der Waals surface area contributed by atoms with Crippen molar-refractivity contribution >= 4 is 20.0 Å². The summed E-state index contributed by atoms with van der Waals surface area (Å²) in [5.41, 5.74) is 5.28. The van der Waals surface area contributed by atoms with Crippen molar-refractivity contribution in [1.82, 2.24) is 9.03 Å². The molecule has 9 heteroatoms. The van der Waals surface area contributed by atoms with E-state index >= 15 is 0 Å². The Morgan fingerprint density at radius 3 is 2.19 bits per heavy atom. The van der Waals surface area contributed by atoms with Gasteiger partial charge < -0.3 is 5.73 Å². The minimum atomic E-state index is -3.90. The summed E-state index contributed by atoms with van der Waals surface area (Å²) in [6.45, 7) is 1.04. The van der Waals surface area contributed by atoms with Crippen molar-refractivity contribution in [3.05, 3.63) is 24.3 Å². The Balaban J connectivity index is 2.46. The van der Waals surface area contributed by atoms with Crippen molar-refractivity contribution in [2.75, 3.05) is 26.2 Å². The van der Waals surface area contributed by atoms with Crippen molar-refractivity contribution in [1.29, 1.82) is 0 Å². The van der Waals surface area contributed by atoms with Gasteiger partial charge in [0.1, 0.15) is 9.79 Å². The van der Waals surface area contributed by atoms with Crippen LogP contribution in [0.2, 0.25) is 0 Å². The van der Waals surface area contributed by atoms with Crippen LogP contribution in [0.5, 0.6) is 0 Å². The molecule has 0 radical (unpaired) electrons. The predicted octanol–water partition coefficient (Wildman–Crippen LogP) is -0.292. The predicted molar refractivity (Wildman–Crippen MR) is 78.7 cm³/mol. The smallest absolute Gasteiger partial charge is 0.244 e. The molecule has 0 spiro atoms. The summed E-state index contributed by atoms with van der Waals surface area (Å²) in [4.78, 5) is -0.415. The Morgan fingerprint density at radius 1 is 1.05 bits per heavy atom. The number of hydrogen-bond donors (Lipinski definition) is 2. The van der Waals surface area contributed by atoms with Gasteiger partial charge in [0.05, 0.1) is 0 Å². The Bertz CT molecular complexity index is 695. The third-order valence-corrected chi connectivity index (χ3v) is 6.86. The number of nitrogens with zero attached hydrogens (tertiary/aromatic N) is 1. The van der Waals surface area contributed by atoms with E-state index in [4.69, 9.17) is 5.73 Å². The van der Waals surface area contributed by atoms with Gasteiger partial charge in [0.25, 0.3) is 0 Å². The maximum Gasteiger partial charge on any atom is 0.244 e. The van der Waals surface area contributed by atoms with Crippen LogP contribution in [-0.4, -0.2) is 47.3 Å². The molecule has 1 saturated heterocycles. The molecule has 0 aromatic heterocycles. The fraction of sp³-hybridized carbons (Fsp3) is 0.500. The molecule has 2 rings (SSSR count). The summed E-state index contributed by atoms with van der Waals surface area (Å²) < 4.78 is 53.2. The zero-order valence-electron chi connectivity index (χ0n) is 11.5. The van der Waals surface area contributed by atoms with E-state index in [2.05, 4.69) is 4.72 Å². The van der Waals surface area contributed by atoms with E-state index in [9.17, 15) is 16.8 Å². The van der Waals surface area contributed by atoms with Crippen LogP contribution in [0.25, 0.3) is 0 Å². The molecule has 7 nitrogen and oxygen atoms in total. The number of rotatable bonds is 6. The van der Waals surface area contributed by atoms with E-state index in [-0.39, 0.29) is 22.9 Å². The lowest BCUT2D eigenvalue weighted by molar-refractivity contribution is 0.474. The highest BCUT2D eigenvalue weighted by molar-refractivity contribution is 7.92. The van der Waals surface area contributed by atoms with Crippen LogP contribution < -0.4 is 10.5 Å². The first-order valence-electron chi connectivity index (χ1n) is 6.68. The molecular weight excluding hydrogens is 314 g/mol. The molecule has 1 aromatic carbocycles. The van der Waals surface area contributed by atoms with E-state index in [0.717, 1.165) is 12.8 Å². The number of hydrogen-bond acceptors (Lipinski definition) is 5. The molecule has 1 aliphatic heterocycles. The molecular formula is C12H19N3O4S2. The highest BCUT2D eigenvalue weighted by Gasteiger charge is 2.32. The SMILES string of the molecule is NCCNS(=O)(=O)c1ccccc1S(=O)(=O)N1CCCC1. The summed E-state index contributed by atoms with van der Waals surface area (Å²) in [6.07, 6.45) is 1.58. The summed E-state index contributed by atoms with van der Waals surface area (Å²) in [5, 5.41) is 0. The minimum absolute atomic E-state index is 0.0560. The Labute approximate surface area is 125 Å². The van der Waals surface area contributed by atoms with Crippen molar-refractivity contribution in [3.63, 3.8) is 0 Å². The van der Waals surface area contributed by atoms with E-state index in [0.29, 0.717) is 13.1 Å². The second-order valence-corrected chi connectivity index (χ2v) is 8.39. The largest absolute Gasteiger partial charge is 0.329 e. The second kappa shape index (κ2) is 6.41. The van der Waals surface area contributed by atoms with E-state index in [1.54, 1.807) is 0 Å². The zero-order chi connectivity index (χ0) is 15.5. The van der Waals surface area contributed by atoms with E-state index in [1.807, 2.05) is 0 Å². The van der Waals surface area contributed by atoms with Gasteiger partial charge in [-0.25, -0.2) is 21.6 Å². The van der Waals surface area contributed by atoms with Gasteiger partial charge in [0, 0.05) is 26.2 Å². The summed E-state index contributed by atoms with van der Waals surface area (Å²) in [7, 11) is -7.70. The molecule has 0 aliphatic carbocycles. The monoisotopic (exact) mass is 333 g/mol. The lowest BCUT2D eigenvalue weighted by Crippen LogP contribution is -2.33. The molecule has 21 heavy (non-hydrogen) atoms. The van der Waals surface area contributed by atoms with Crippen LogP contribution in [0.15, 0.2) is 34.1 Å². The van der Waals surface area contributed by atoms with Crippen molar-refractivity contribution in [2.45, 2.75) is 22.6 Å². The van der Waals surface area contributed by atoms with Gasteiger partial charge in [-0.1, -0.05) is 12.1 Å². The fourth-order valence-electron chi connectivity index (χ4n) is 2.22. The summed E-state index contributed by atoms with van der Waals surface area (Å²) >= 11 is 0. The fourth-order valence-corrected chi connectivity index (χ4v) is 5.59. The topological polar surface area (TPSA) is 110 Å². The van der Waals surface area contributed by atoms with Gasteiger partial charge in [-0.2, -0.15) is 4.31 Å². The van der Waals surface area contributed by atoms with Crippen LogP contribution in [0.1, 0.15) is 12.8 Å². The van der Waals surface area contributed by atoms with Gasteiger partial charge >= 0.3 is 0 Å². The first-order chi connectivity index (χ1) is 9.89. The lowest BCUT2D eigenvalue weighted by Gasteiger charge is -2.18. The molecule has 118 valence electrons. The zero-order valence-corrected chi connectivity index (χ0v) is 13.2. The number of nitrogens with two attached hydrogens (primary N) is 1. The number of benzene rings is 1. The normalized spacial score (nSPS) is 17.2. The maximum absolute atomic E-state index is 12.6. The van der Waals surface area contributed by atoms with Gasteiger partial charge in [0.15, 0.2) is 0 Å². The third kappa shape index (κ3) is 3.43. The molecule has 1 heterocycles. The number of nitrogens with one attached hydrogen (secondary N) is 1. The van der Waals surface area contributed by atoms with E-state index < -0.39 is 20.0 Å². The Kier molecular flexibility index (Phi) is 4.99. The highest BCUT2D eigenvalue weighted by atomic mass is 32.2. The lowest BCUT2D eigenvalue weighted by atomic mass is 10.4. The van der Waals surface area contributed by atoms with E-state index in [1.165, 1.54) is 28.6 Å². The van der Waals surface area contributed by atoms with Crippen molar-refractivity contribution < 1.29 is 16.8 Å². The standard InChI is InChI=1S/C12H19N3O4S2/c13-7-8-14-20(16,17)11-5-1-2-6-12(11)21(18,19)15-9-3-4-10-15/h1-2,5-6,14H,3-4,7-10,13H2. The quantitative estimate of drug-likeness (QED) is 0.743. The molecule has 0 atom stereocenters. The molecule has 0 saturated carbocycles. The Hall–Kier alpha value is -1.00. The van der Waals surface area contributed by atoms with Crippen LogP contribution in [-0.2, 0) is 20.0 Å². The van der Waals surface area contributed by atoms with Gasteiger partial charge in [-0.3, -0.25) is 0 Å². The average molecular weight is 333 g/mol. The van der Waals surface area contributed by atoms with Gasteiger partial charge in [-0.15, -0.1) is 0 Å². The minimum Gasteiger partial charge on any atom is -0.329 e. The molecule has 0 unspecified atom stereocenters. The Morgan fingerprint density at radius 2 is 1.62 bits per heavy atom. The third-order valence-electron chi connectivity index (χ3n) is 3.26. The summed E-state index contributed by atoms with van der Waals surface area (Å²) in [6, 6.07) is 5.64.